The summed E-state index contributed by atoms with van der Waals surface area (Å²) >= 11 is 3.40. The van der Waals surface area contributed by atoms with Crippen LogP contribution in [0.1, 0.15) is 11.1 Å². The molecule has 0 aromatic heterocycles. The number of amides is 3. The summed E-state index contributed by atoms with van der Waals surface area (Å²) < 4.78 is 6.37. The van der Waals surface area contributed by atoms with Gasteiger partial charge in [0.25, 0.3) is 11.6 Å². The number of hydrogen-bond donors (Lipinski definition) is 2. The summed E-state index contributed by atoms with van der Waals surface area (Å²) in [6.07, 6.45) is 1.55. The third-order valence-electron chi connectivity index (χ3n) is 3.53. The van der Waals surface area contributed by atoms with Crippen molar-refractivity contribution in [3.8, 4) is 5.75 Å². The van der Waals surface area contributed by atoms with Crippen molar-refractivity contribution in [3.05, 3.63) is 73.9 Å². The topological polar surface area (TPSA) is 111 Å². The number of imide groups is 1. The highest BCUT2D eigenvalue weighted by molar-refractivity contribution is 9.10. The van der Waals surface area contributed by atoms with E-state index < -0.39 is 16.9 Å². The van der Waals surface area contributed by atoms with Crippen molar-refractivity contribution in [3.63, 3.8) is 0 Å². The van der Waals surface area contributed by atoms with E-state index in [1.807, 2.05) is 0 Å². The molecule has 2 aromatic rings. The predicted molar refractivity (Wildman–Crippen MR) is 96.2 cm³/mol. The molecule has 1 aliphatic heterocycles. The lowest BCUT2D eigenvalue weighted by Crippen LogP contribution is -2.22. The molecule has 2 N–H and O–H groups in total. The molecule has 2 aromatic carbocycles. The number of hydrogen-bond acceptors (Lipinski definition) is 5. The fourth-order valence-corrected chi connectivity index (χ4v) is 2.76. The third kappa shape index (κ3) is 4.06. The van der Waals surface area contributed by atoms with Gasteiger partial charge >= 0.3 is 6.03 Å². The Morgan fingerprint density at radius 2 is 1.85 bits per heavy atom. The molecule has 1 heterocycles. The molecule has 1 aliphatic rings. The molecule has 132 valence electrons. The quantitative estimate of drug-likeness (QED) is 0.336. The van der Waals surface area contributed by atoms with Crippen LogP contribution in [0.2, 0.25) is 0 Å². The van der Waals surface area contributed by atoms with Gasteiger partial charge in [-0.05, 0) is 57.4 Å². The number of carbonyl (C=O) groups excluding carboxylic acids is 2. The molecule has 0 aliphatic carbocycles. The molecular weight excluding hydrogens is 406 g/mol. The largest absolute Gasteiger partial charge is 0.488 e. The number of rotatable bonds is 5. The van der Waals surface area contributed by atoms with Crippen LogP contribution in [0.25, 0.3) is 6.08 Å². The van der Waals surface area contributed by atoms with E-state index in [2.05, 4.69) is 26.6 Å². The summed E-state index contributed by atoms with van der Waals surface area (Å²) in [7, 11) is 0. The Hall–Kier alpha value is -3.20. The van der Waals surface area contributed by atoms with Gasteiger partial charge in [-0.1, -0.05) is 6.07 Å². The van der Waals surface area contributed by atoms with E-state index in [0.717, 1.165) is 5.56 Å². The number of nitro benzene ring substituents is 1. The Balaban J connectivity index is 1.68. The minimum atomic E-state index is -0.552. The van der Waals surface area contributed by atoms with Crippen molar-refractivity contribution in [2.45, 2.75) is 6.61 Å². The molecule has 9 heteroatoms. The molecule has 0 spiro atoms. The van der Waals surface area contributed by atoms with E-state index in [4.69, 9.17) is 4.74 Å². The van der Waals surface area contributed by atoms with Gasteiger partial charge in [0.2, 0.25) is 0 Å². The van der Waals surface area contributed by atoms with Crippen LogP contribution in [-0.2, 0) is 11.4 Å². The molecule has 0 bridgehead atoms. The van der Waals surface area contributed by atoms with Crippen molar-refractivity contribution < 1.29 is 19.2 Å². The Kier molecular flexibility index (Phi) is 4.99. The van der Waals surface area contributed by atoms with Crippen molar-refractivity contribution in [1.29, 1.82) is 0 Å². The van der Waals surface area contributed by atoms with Crippen LogP contribution in [0.15, 0.2) is 52.6 Å². The average Bonchev–Trinajstić information content (AvgIpc) is 2.91. The molecule has 3 amide bonds. The third-order valence-corrected chi connectivity index (χ3v) is 4.15. The maximum absolute atomic E-state index is 11.5. The van der Waals surface area contributed by atoms with Gasteiger partial charge in [0, 0.05) is 12.1 Å². The highest BCUT2D eigenvalue weighted by Gasteiger charge is 2.22. The van der Waals surface area contributed by atoms with E-state index in [1.54, 1.807) is 36.4 Å². The van der Waals surface area contributed by atoms with E-state index in [0.29, 0.717) is 15.8 Å². The summed E-state index contributed by atoms with van der Waals surface area (Å²) in [5.41, 5.74) is 1.68. The lowest BCUT2D eigenvalue weighted by Gasteiger charge is -2.09. The summed E-state index contributed by atoms with van der Waals surface area (Å²) in [6, 6.07) is 10.8. The van der Waals surface area contributed by atoms with Gasteiger partial charge in [0.1, 0.15) is 18.1 Å². The van der Waals surface area contributed by atoms with Crippen LogP contribution in [0.4, 0.5) is 10.5 Å². The van der Waals surface area contributed by atoms with Crippen molar-refractivity contribution in [2.24, 2.45) is 0 Å². The predicted octanol–water partition coefficient (Wildman–Crippen LogP) is 3.12. The van der Waals surface area contributed by atoms with Crippen LogP contribution < -0.4 is 15.4 Å². The Morgan fingerprint density at radius 3 is 2.42 bits per heavy atom. The van der Waals surface area contributed by atoms with E-state index in [9.17, 15) is 19.7 Å². The number of ether oxygens (including phenoxy) is 1. The molecular formula is C17H12BrN3O5. The molecule has 0 unspecified atom stereocenters. The van der Waals surface area contributed by atoms with Crippen molar-refractivity contribution in [2.75, 3.05) is 0 Å². The number of urea groups is 1. The molecule has 1 fully saturated rings. The second-order valence-electron chi connectivity index (χ2n) is 5.37. The summed E-state index contributed by atoms with van der Waals surface area (Å²) in [4.78, 5) is 32.8. The number of nitrogens with one attached hydrogen (secondary N) is 2. The van der Waals surface area contributed by atoms with Crippen LogP contribution >= 0.6 is 15.9 Å². The number of carbonyl (C=O) groups is 2. The lowest BCUT2D eigenvalue weighted by molar-refractivity contribution is -0.384. The first kappa shape index (κ1) is 17.6. The van der Waals surface area contributed by atoms with Gasteiger partial charge in [-0.2, -0.15) is 0 Å². The monoisotopic (exact) mass is 417 g/mol. The molecule has 0 saturated carbocycles. The van der Waals surface area contributed by atoms with Gasteiger partial charge in [-0.15, -0.1) is 0 Å². The molecule has 0 radical (unpaired) electrons. The summed E-state index contributed by atoms with van der Waals surface area (Å²) in [5, 5.41) is 15.2. The van der Waals surface area contributed by atoms with Crippen LogP contribution in [0.3, 0.4) is 0 Å². The smallest absolute Gasteiger partial charge is 0.326 e. The molecule has 3 rings (SSSR count). The standard InChI is InChI=1S/C17H12BrN3O5/c18-13-7-11(8-14-16(22)20-17(23)19-14)3-6-15(13)26-9-10-1-4-12(5-2-10)21(24)25/h1-8H,9H2,(H2,19,20,22,23). The Labute approximate surface area is 156 Å². The van der Waals surface area contributed by atoms with Gasteiger partial charge < -0.3 is 10.1 Å². The van der Waals surface area contributed by atoms with Crippen molar-refractivity contribution in [1.82, 2.24) is 10.6 Å². The Bertz CT molecular complexity index is 924. The molecule has 0 atom stereocenters. The second-order valence-corrected chi connectivity index (χ2v) is 6.22. The van der Waals surface area contributed by atoms with E-state index in [1.165, 1.54) is 12.1 Å². The van der Waals surface area contributed by atoms with Gasteiger partial charge in [-0.25, -0.2) is 4.79 Å². The summed E-state index contributed by atoms with van der Waals surface area (Å²) in [5.74, 6) is 0.0926. The normalized spacial score (nSPS) is 14.9. The number of benzene rings is 2. The van der Waals surface area contributed by atoms with Crippen molar-refractivity contribution >= 4 is 39.6 Å². The fourth-order valence-electron chi connectivity index (χ4n) is 2.25. The zero-order valence-electron chi connectivity index (χ0n) is 13.2. The Morgan fingerprint density at radius 1 is 1.12 bits per heavy atom. The van der Waals surface area contributed by atoms with Gasteiger partial charge in [-0.3, -0.25) is 20.2 Å². The molecule has 8 nitrogen and oxygen atoms in total. The first-order valence-corrected chi connectivity index (χ1v) is 8.21. The first-order valence-electron chi connectivity index (χ1n) is 7.42. The van der Waals surface area contributed by atoms with Crippen LogP contribution in [-0.4, -0.2) is 16.9 Å². The first-order chi connectivity index (χ1) is 12.4. The highest BCUT2D eigenvalue weighted by atomic mass is 79.9. The highest BCUT2D eigenvalue weighted by Crippen LogP contribution is 2.28. The maximum Gasteiger partial charge on any atom is 0.326 e. The minimum absolute atomic E-state index is 0.0235. The lowest BCUT2D eigenvalue weighted by atomic mass is 10.2. The molecule has 1 saturated heterocycles. The van der Waals surface area contributed by atoms with Crippen LogP contribution in [0.5, 0.6) is 5.75 Å². The van der Waals surface area contributed by atoms with E-state index in [-0.39, 0.29) is 18.0 Å². The number of nitrogens with zero attached hydrogens (tertiary/aromatic N) is 1. The van der Waals surface area contributed by atoms with E-state index >= 15 is 0 Å². The number of halogens is 1. The summed E-state index contributed by atoms with van der Waals surface area (Å²) in [6.45, 7) is 0.246. The average molecular weight is 418 g/mol. The number of non-ortho nitro benzene ring substituents is 1. The second kappa shape index (κ2) is 7.36. The zero-order chi connectivity index (χ0) is 18.7. The SMILES string of the molecule is O=C1NC(=O)C(=Cc2ccc(OCc3ccc([N+](=O)[O-])cc3)c(Br)c2)N1. The maximum atomic E-state index is 11.5. The zero-order valence-corrected chi connectivity index (χ0v) is 14.8. The number of nitro groups is 1. The molecule has 26 heavy (non-hydrogen) atoms. The minimum Gasteiger partial charge on any atom is -0.488 e. The van der Waals surface area contributed by atoms with Crippen LogP contribution in [0, 0.1) is 10.1 Å². The van der Waals surface area contributed by atoms with Gasteiger partial charge in [0.05, 0.1) is 9.40 Å². The fraction of sp³-hybridized carbons (Fsp3) is 0.0588. The van der Waals surface area contributed by atoms with Gasteiger partial charge in [0.15, 0.2) is 0 Å².